The van der Waals surface area contributed by atoms with Crippen molar-refractivity contribution < 1.29 is 35.1 Å². The Labute approximate surface area is 97.5 Å². The molecule has 0 fully saturated rings. The van der Waals surface area contributed by atoms with Gasteiger partial charge in [0.05, 0.1) is 19.1 Å². The Morgan fingerprint density at radius 1 is 1.18 bits per heavy atom. The van der Waals surface area contributed by atoms with E-state index in [9.17, 15) is 19.8 Å². The zero-order valence-electron chi connectivity index (χ0n) is 9.28. The van der Waals surface area contributed by atoms with E-state index in [0.29, 0.717) is 0 Å². The van der Waals surface area contributed by atoms with Crippen LogP contribution in [0.3, 0.4) is 0 Å². The summed E-state index contributed by atoms with van der Waals surface area (Å²) in [6.07, 6.45) is -5.39. The molecule has 4 atom stereocenters. The summed E-state index contributed by atoms with van der Waals surface area (Å²) < 4.78 is 0. The highest BCUT2D eigenvalue weighted by Gasteiger charge is 2.26. The number of aliphatic carboxylic acids is 1. The summed E-state index contributed by atoms with van der Waals surface area (Å²) in [5.41, 5.74) is 0. The van der Waals surface area contributed by atoms with Crippen LogP contribution in [0.4, 0.5) is 0 Å². The standard InChI is InChI=1S/C9H17NO7/c1-4(9(16)17)10-7(14)2-5(12)8(15)6(13)3-11/h4-6,8,11-13,15H,2-3H2,1H3,(H,10,14)(H,16,17)/t4-,5-,6-,8+/m1/s1. The van der Waals surface area contributed by atoms with Gasteiger partial charge in [-0.3, -0.25) is 9.59 Å². The number of carbonyl (C=O) groups excluding carboxylic acids is 1. The molecule has 0 saturated heterocycles. The number of carboxylic acid groups (broad SMARTS) is 1. The fraction of sp³-hybridized carbons (Fsp3) is 0.778. The van der Waals surface area contributed by atoms with Crippen molar-refractivity contribution in [1.82, 2.24) is 5.32 Å². The fourth-order valence-corrected chi connectivity index (χ4v) is 1.04. The first kappa shape index (κ1) is 15.8. The zero-order chi connectivity index (χ0) is 13.6. The second kappa shape index (κ2) is 7.17. The van der Waals surface area contributed by atoms with Gasteiger partial charge in [0.2, 0.25) is 5.91 Å². The minimum Gasteiger partial charge on any atom is -0.480 e. The van der Waals surface area contributed by atoms with Gasteiger partial charge in [-0.25, -0.2) is 0 Å². The molecule has 8 nitrogen and oxygen atoms in total. The molecule has 0 aromatic rings. The molecule has 0 radical (unpaired) electrons. The van der Waals surface area contributed by atoms with E-state index in [4.69, 9.17) is 15.3 Å². The van der Waals surface area contributed by atoms with E-state index in [-0.39, 0.29) is 0 Å². The van der Waals surface area contributed by atoms with Crippen LogP contribution in [0.5, 0.6) is 0 Å². The molecule has 0 aliphatic carbocycles. The number of aliphatic hydroxyl groups excluding tert-OH is 4. The van der Waals surface area contributed by atoms with E-state index < -0.39 is 49.3 Å². The van der Waals surface area contributed by atoms with Crippen molar-refractivity contribution in [2.75, 3.05) is 6.61 Å². The van der Waals surface area contributed by atoms with Gasteiger partial charge in [-0.1, -0.05) is 0 Å². The molecule has 8 heteroatoms. The normalized spacial score (nSPS) is 17.9. The van der Waals surface area contributed by atoms with Gasteiger partial charge in [0, 0.05) is 0 Å². The first-order valence-electron chi connectivity index (χ1n) is 4.96. The van der Waals surface area contributed by atoms with Crippen molar-refractivity contribution in [3.8, 4) is 0 Å². The van der Waals surface area contributed by atoms with E-state index in [1.54, 1.807) is 0 Å². The monoisotopic (exact) mass is 251 g/mol. The summed E-state index contributed by atoms with van der Waals surface area (Å²) in [6.45, 7) is 0.483. The molecule has 0 saturated carbocycles. The van der Waals surface area contributed by atoms with Crippen LogP contribution < -0.4 is 5.32 Å². The molecule has 0 aliphatic heterocycles. The highest BCUT2D eigenvalue weighted by molar-refractivity contribution is 5.83. The van der Waals surface area contributed by atoms with E-state index in [1.165, 1.54) is 6.92 Å². The van der Waals surface area contributed by atoms with Crippen LogP contribution in [-0.2, 0) is 9.59 Å². The maximum atomic E-state index is 11.2. The van der Waals surface area contributed by atoms with Crippen LogP contribution in [0.2, 0.25) is 0 Å². The first-order valence-corrected chi connectivity index (χ1v) is 4.96. The van der Waals surface area contributed by atoms with Gasteiger partial charge in [0.25, 0.3) is 0 Å². The predicted molar refractivity (Wildman–Crippen MR) is 55.0 cm³/mol. The van der Waals surface area contributed by atoms with E-state index in [0.717, 1.165) is 0 Å². The Balaban J connectivity index is 4.16. The first-order chi connectivity index (χ1) is 7.79. The average Bonchev–Trinajstić information content (AvgIpc) is 2.26. The van der Waals surface area contributed by atoms with Crippen LogP contribution in [-0.4, -0.2) is 68.4 Å². The summed E-state index contributed by atoms with van der Waals surface area (Å²) in [7, 11) is 0. The van der Waals surface area contributed by atoms with Crippen LogP contribution in [0.1, 0.15) is 13.3 Å². The number of nitrogens with one attached hydrogen (secondary N) is 1. The van der Waals surface area contributed by atoms with Crippen molar-refractivity contribution in [2.24, 2.45) is 0 Å². The molecule has 0 bridgehead atoms. The summed E-state index contributed by atoms with van der Waals surface area (Å²) in [6, 6.07) is -1.12. The van der Waals surface area contributed by atoms with Crippen LogP contribution in [0.15, 0.2) is 0 Å². The lowest BCUT2D eigenvalue weighted by Crippen LogP contribution is -2.44. The lowest BCUT2D eigenvalue weighted by atomic mass is 10.1. The van der Waals surface area contributed by atoms with Crippen molar-refractivity contribution >= 4 is 11.9 Å². The van der Waals surface area contributed by atoms with Gasteiger partial charge in [-0.2, -0.15) is 0 Å². The van der Waals surface area contributed by atoms with Gasteiger partial charge in [0.15, 0.2) is 0 Å². The van der Waals surface area contributed by atoms with Crippen molar-refractivity contribution in [2.45, 2.75) is 37.7 Å². The second-order valence-corrected chi connectivity index (χ2v) is 3.64. The molecular weight excluding hydrogens is 234 g/mol. The van der Waals surface area contributed by atoms with Crippen molar-refractivity contribution in [1.29, 1.82) is 0 Å². The molecule has 6 N–H and O–H groups in total. The van der Waals surface area contributed by atoms with Gasteiger partial charge < -0.3 is 30.8 Å². The Hall–Kier alpha value is -1.22. The molecule has 0 aromatic carbocycles. The van der Waals surface area contributed by atoms with Gasteiger partial charge in [0.1, 0.15) is 18.2 Å². The number of amides is 1. The molecule has 17 heavy (non-hydrogen) atoms. The Morgan fingerprint density at radius 3 is 2.12 bits per heavy atom. The number of carbonyl (C=O) groups is 2. The number of hydrogen-bond acceptors (Lipinski definition) is 6. The average molecular weight is 251 g/mol. The molecule has 0 spiro atoms. The predicted octanol–water partition coefficient (Wildman–Crippen LogP) is -2.96. The van der Waals surface area contributed by atoms with Crippen molar-refractivity contribution in [3.63, 3.8) is 0 Å². The summed E-state index contributed by atoms with van der Waals surface area (Å²) in [5, 5.41) is 46.6. The number of carboxylic acids is 1. The Bertz CT molecular complexity index is 270. The fourth-order valence-electron chi connectivity index (χ4n) is 1.04. The third-order valence-corrected chi connectivity index (χ3v) is 2.12. The number of rotatable bonds is 7. The molecule has 0 aromatic heterocycles. The van der Waals surface area contributed by atoms with Gasteiger partial charge in [-0.15, -0.1) is 0 Å². The molecule has 100 valence electrons. The summed E-state index contributed by atoms with van der Waals surface area (Å²) in [5.74, 6) is -2.01. The highest BCUT2D eigenvalue weighted by Crippen LogP contribution is 2.04. The molecule has 0 aliphatic rings. The maximum Gasteiger partial charge on any atom is 0.325 e. The lowest BCUT2D eigenvalue weighted by molar-refractivity contribution is -0.142. The summed E-state index contributed by atoms with van der Waals surface area (Å²) >= 11 is 0. The largest absolute Gasteiger partial charge is 0.480 e. The molecule has 0 unspecified atom stereocenters. The van der Waals surface area contributed by atoms with Crippen LogP contribution >= 0.6 is 0 Å². The molecule has 0 heterocycles. The smallest absolute Gasteiger partial charge is 0.325 e. The van der Waals surface area contributed by atoms with Crippen LogP contribution in [0.25, 0.3) is 0 Å². The quantitative estimate of drug-likeness (QED) is 0.283. The van der Waals surface area contributed by atoms with E-state index in [1.807, 2.05) is 0 Å². The van der Waals surface area contributed by atoms with Gasteiger partial charge in [-0.05, 0) is 6.92 Å². The van der Waals surface area contributed by atoms with Crippen LogP contribution in [0, 0.1) is 0 Å². The van der Waals surface area contributed by atoms with Crippen molar-refractivity contribution in [3.05, 3.63) is 0 Å². The topological polar surface area (TPSA) is 147 Å². The molecular formula is C9H17NO7. The minimum atomic E-state index is -1.68. The number of hydrogen-bond donors (Lipinski definition) is 6. The SMILES string of the molecule is C[C@@H](NC(=O)C[C@@H](O)[C@H](O)[C@H](O)CO)C(=O)O. The second-order valence-electron chi connectivity index (χ2n) is 3.64. The van der Waals surface area contributed by atoms with E-state index in [2.05, 4.69) is 5.32 Å². The third kappa shape index (κ3) is 5.59. The zero-order valence-corrected chi connectivity index (χ0v) is 9.28. The van der Waals surface area contributed by atoms with Gasteiger partial charge >= 0.3 is 5.97 Å². The molecule has 1 amide bonds. The molecule has 0 rings (SSSR count). The summed E-state index contributed by atoms with van der Waals surface area (Å²) in [4.78, 5) is 21.6. The third-order valence-electron chi connectivity index (χ3n) is 2.12. The highest BCUT2D eigenvalue weighted by atomic mass is 16.4. The minimum absolute atomic E-state index is 0.574. The Morgan fingerprint density at radius 2 is 1.71 bits per heavy atom. The van der Waals surface area contributed by atoms with E-state index >= 15 is 0 Å². The maximum absolute atomic E-state index is 11.2. The Kier molecular flexibility index (Phi) is 6.66. The number of aliphatic hydroxyl groups is 4. The lowest BCUT2D eigenvalue weighted by Gasteiger charge is -2.21.